The van der Waals surface area contributed by atoms with Crippen molar-refractivity contribution in [3.63, 3.8) is 0 Å². The Hall–Kier alpha value is -0.250. The summed E-state index contributed by atoms with van der Waals surface area (Å²) in [5.41, 5.74) is 3.48. The topological polar surface area (TPSA) is 15.6 Å². The molecule has 1 heterocycles. The first-order valence-electron chi connectivity index (χ1n) is 4.14. The molecule has 0 bridgehead atoms. The monoisotopic (exact) mass is 214 g/mol. The molecule has 1 atom stereocenters. The van der Waals surface area contributed by atoms with Crippen LogP contribution in [0.15, 0.2) is 26.7 Å². The van der Waals surface area contributed by atoms with E-state index in [9.17, 15) is 0 Å². The predicted molar refractivity (Wildman–Crippen MR) is 58.9 cm³/mol. The van der Waals surface area contributed by atoms with Gasteiger partial charge in [-0.05, 0) is 31.1 Å². The second kappa shape index (κ2) is 3.15. The molecule has 1 aliphatic carbocycles. The van der Waals surface area contributed by atoms with Gasteiger partial charge >= 0.3 is 0 Å². The summed E-state index contributed by atoms with van der Waals surface area (Å²) in [7, 11) is 2.05. The van der Waals surface area contributed by atoms with Gasteiger partial charge < -0.3 is 0 Å². The van der Waals surface area contributed by atoms with E-state index in [0.29, 0.717) is 6.04 Å². The fourth-order valence-corrected chi connectivity index (χ4v) is 2.75. The van der Waals surface area contributed by atoms with Crippen LogP contribution in [0.3, 0.4) is 0 Å². The predicted octanol–water partition coefficient (Wildman–Crippen LogP) is 2.78. The number of hydrogen-bond acceptors (Lipinski definition) is 3. The van der Waals surface area contributed by atoms with Crippen molar-refractivity contribution in [1.82, 2.24) is 4.31 Å². The normalized spacial score (nSPS) is 28.8. The fraction of sp³-hybridized carbons (Fsp3) is 0.444. The summed E-state index contributed by atoms with van der Waals surface area (Å²) in [6.45, 7) is 4.12. The van der Waals surface area contributed by atoms with Gasteiger partial charge in [0.15, 0.2) is 0 Å². The van der Waals surface area contributed by atoms with E-state index in [1.54, 1.807) is 0 Å². The van der Waals surface area contributed by atoms with Crippen LogP contribution in [-0.4, -0.2) is 23.1 Å². The second-order valence-electron chi connectivity index (χ2n) is 3.37. The van der Waals surface area contributed by atoms with Crippen molar-refractivity contribution in [3.8, 4) is 0 Å². The van der Waals surface area contributed by atoms with Gasteiger partial charge in [-0.1, -0.05) is 11.6 Å². The highest BCUT2D eigenvalue weighted by atomic mass is 35.5. The lowest BCUT2D eigenvalue weighted by Gasteiger charge is -2.24. The summed E-state index contributed by atoms with van der Waals surface area (Å²) >= 11 is 7.57. The van der Waals surface area contributed by atoms with Crippen LogP contribution in [0, 0.1) is 0 Å². The molecule has 2 rings (SSSR count). The zero-order valence-electron chi connectivity index (χ0n) is 7.84. The second-order valence-corrected chi connectivity index (χ2v) is 4.70. The highest BCUT2D eigenvalue weighted by molar-refractivity contribution is 7.96. The van der Waals surface area contributed by atoms with E-state index < -0.39 is 0 Å². The molecule has 70 valence electrons. The minimum atomic E-state index is 0.326. The number of halogens is 1. The summed E-state index contributed by atoms with van der Waals surface area (Å²) in [5.74, 6) is 0. The lowest BCUT2D eigenvalue weighted by atomic mass is 9.93. The molecular weight excluding hydrogens is 204 g/mol. The molecular formula is C9H11ClN2S. The first-order chi connectivity index (χ1) is 6.11. The van der Waals surface area contributed by atoms with Crippen molar-refractivity contribution < 1.29 is 0 Å². The first kappa shape index (κ1) is 9.31. The van der Waals surface area contributed by atoms with Crippen molar-refractivity contribution >= 4 is 29.4 Å². The quantitative estimate of drug-likeness (QED) is 0.577. The Morgan fingerprint density at radius 1 is 1.54 bits per heavy atom. The number of likely N-dealkylation sites (N-methyl/N-ethyl adjacent to an activating group) is 1. The molecule has 0 aromatic carbocycles. The Labute approximate surface area is 87.6 Å². The Bertz CT molecular complexity index is 344. The zero-order chi connectivity index (χ0) is 9.59. The molecule has 0 spiro atoms. The maximum atomic E-state index is 6.07. The third-order valence-corrected chi connectivity index (χ3v) is 3.56. The van der Waals surface area contributed by atoms with Crippen LogP contribution in [-0.2, 0) is 0 Å². The molecule has 0 saturated carbocycles. The average Bonchev–Trinajstić information content (AvgIpc) is 2.44. The van der Waals surface area contributed by atoms with Gasteiger partial charge in [0.25, 0.3) is 0 Å². The minimum absolute atomic E-state index is 0.326. The standard InChI is InChI=1S/C9H11ClN2S/c1-5-4-7(10)6(2)8-9(5)12(3)13-11-8/h4,9H,1-3H3. The molecule has 2 nitrogen and oxygen atoms in total. The fourth-order valence-electron chi connectivity index (χ4n) is 1.66. The van der Waals surface area contributed by atoms with Crippen molar-refractivity contribution in [1.29, 1.82) is 0 Å². The molecule has 13 heavy (non-hydrogen) atoms. The van der Waals surface area contributed by atoms with Crippen molar-refractivity contribution in [2.45, 2.75) is 19.9 Å². The maximum Gasteiger partial charge on any atom is 0.0859 e. The highest BCUT2D eigenvalue weighted by Gasteiger charge is 2.33. The lowest BCUT2D eigenvalue weighted by Crippen LogP contribution is -2.33. The summed E-state index contributed by atoms with van der Waals surface area (Å²) in [6, 6.07) is 0.326. The largest absolute Gasteiger partial charge is 0.221 e. The zero-order valence-corrected chi connectivity index (χ0v) is 9.41. The van der Waals surface area contributed by atoms with E-state index in [2.05, 4.69) is 22.7 Å². The molecule has 2 aliphatic rings. The van der Waals surface area contributed by atoms with Crippen LogP contribution in [0.1, 0.15) is 13.8 Å². The molecule has 0 fully saturated rings. The SMILES string of the molecule is CC1=CC(Cl)=C(C)C2=NSN(C)C12. The summed E-state index contributed by atoms with van der Waals surface area (Å²) in [5, 5.41) is 0.823. The summed E-state index contributed by atoms with van der Waals surface area (Å²) in [6.07, 6.45) is 2.03. The van der Waals surface area contributed by atoms with Crippen molar-refractivity contribution in [3.05, 3.63) is 22.3 Å². The third kappa shape index (κ3) is 1.35. The number of fused-ring (bicyclic) bond motifs is 1. The summed E-state index contributed by atoms with van der Waals surface area (Å²) < 4.78 is 6.54. The number of allylic oxidation sites excluding steroid dienone is 2. The van der Waals surface area contributed by atoms with Crippen LogP contribution >= 0.6 is 23.7 Å². The Kier molecular flexibility index (Phi) is 2.26. The van der Waals surface area contributed by atoms with Crippen LogP contribution < -0.4 is 0 Å². The first-order valence-corrected chi connectivity index (χ1v) is 5.25. The van der Waals surface area contributed by atoms with Crippen LogP contribution in [0.2, 0.25) is 0 Å². The van der Waals surface area contributed by atoms with Gasteiger partial charge in [-0.15, -0.1) is 0 Å². The average molecular weight is 215 g/mol. The molecule has 0 aromatic heterocycles. The molecule has 0 aromatic rings. The van der Waals surface area contributed by atoms with Crippen LogP contribution in [0.25, 0.3) is 0 Å². The Morgan fingerprint density at radius 3 is 2.92 bits per heavy atom. The van der Waals surface area contributed by atoms with Crippen molar-refractivity contribution in [2.75, 3.05) is 7.05 Å². The lowest BCUT2D eigenvalue weighted by molar-refractivity contribution is 0.560. The van der Waals surface area contributed by atoms with Gasteiger partial charge in [-0.25, -0.2) is 8.70 Å². The molecule has 0 amide bonds. The van der Waals surface area contributed by atoms with E-state index >= 15 is 0 Å². The molecule has 1 unspecified atom stereocenters. The third-order valence-electron chi connectivity index (χ3n) is 2.42. The Morgan fingerprint density at radius 2 is 2.23 bits per heavy atom. The van der Waals surface area contributed by atoms with Gasteiger partial charge in [0.1, 0.15) is 0 Å². The molecule has 0 saturated heterocycles. The van der Waals surface area contributed by atoms with Gasteiger partial charge in [0.2, 0.25) is 0 Å². The van der Waals surface area contributed by atoms with Gasteiger partial charge in [0, 0.05) is 12.1 Å². The number of nitrogens with zero attached hydrogens (tertiary/aromatic N) is 2. The van der Waals surface area contributed by atoms with E-state index in [0.717, 1.165) is 16.3 Å². The van der Waals surface area contributed by atoms with Crippen LogP contribution in [0.4, 0.5) is 0 Å². The van der Waals surface area contributed by atoms with E-state index in [1.165, 1.54) is 17.7 Å². The van der Waals surface area contributed by atoms with Gasteiger partial charge in [0.05, 0.1) is 23.9 Å². The number of hydrogen-bond donors (Lipinski definition) is 0. The maximum absolute atomic E-state index is 6.07. The summed E-state index contributed by atoms with van der Waals surface area (Å²) in [4.78, 5) is 0. The van der Waals surface area contributed by atoms with E-state index in [4.69, 9.17) is 11.6 Å². The van der Waals surface area contributed by atoms with Crippen molar-refractivity contribution in [2.24, 2.45) is 4.40 Å². The number of rotatable bonds is 0. The van der Waals surface area contributed by atoms with E-state index in [-0.39, 0.29) is 0 Å². The van der Waals surface area contributed by atoms with Gasteiger partial charge in [-0.3, -0.25) is 0 Å². The van der Waals surface area contributed by atoms with Gasteiger partial charge in [-0.2, -0.15) is 0 Å². The van der Waals surface area contributed by atoms with Crippen LogP contribution in [0.5, 0.6) is 0 Å². The van der Waals surface area contributed by atoms with E-state index in [1.807, 2.05) is 13.0 Å². The smallest absolute Gasteiger partial charge is 0.0859 e. The minimum Gasteiger partial charge on any atom is -0.221 e. The molecule has 0 radical (unpaired) electrons. The molecule has 4 heteroatoms. The Balaban J connectivity index is 2.48. The highest BCUT2D eigenvalue weighted by Crippen LogP contribution is 2.35. The molecule has 0 N–H and O–H groups in total. The molecule has 1 aliphatic heterocycles.